The fourth-order valence-electron chi connectivity index (χ4n) is 2.40. The van der Waals surface area contributed by atoms with E-state index in [2.05, 4.69) is 0 Å². The maximum atomic E-state index is 12.4. The second-order valence-corrected chi connectivity index (χ2v) is 5.35. The van der Waals surface area contributed by atoms with E-state index in [1.54, 1.807) is 13.8 Å². The number of carbonyl (C=O) groups is 2. The first-order chi connectivity index (χ1) is 9.30. The van der Waals surface area contributed by atoms with Crippen LogP contribution >= 0.6 is 0 Å². The largest absolute Gasteiger partial charge is 0.274 e. The number of hydrogen-bond acceptors (Lipinski definition) is 4. The molecule has 20 heavy (non-hydrogen) atoms. The Labute approximate surface area is 116 Å². The molecule has 0 aliphatic carbocycles. The van der Waals surface area contributed by atoms with Crippen LogP contribution in [0.5, 0.6) is 0 Å². The van der Waals surface area contributed by atoms with Crippen molar-refractivity contribution >= 4 is 23.2 Å². The Bertz CT molecular complexity index is 611. The van der Waals surface area contributed by atoms with E-state index < -0.39 is 10.3 Å². The molecule has 106 valence electrons. The molecule has 1 atom stereocenters. The number of rotatable bonds is 3. The van der Waals surface area contributed by atoms with E-state index in [0.29, 0.717) is 17.7 Å². The Kier molecular flexibility index (Phi) is 3.33. The SMILES string of the molecule is CC[C@@]1(C)CC(=O)N(c2ccc([N+](=O)[O-])cc2C)C1=O. The summed E-state index contributed by atoms with van der Waals surface area (Å²) in [6.07, 6.45) is 0.763. The molecule has 0 aromatic heterocycles. The lowest BCUT2D eigenvalue weighted by atomic mass is 9.86. The number of nitro benzene ring substituents is 1. The van der Waals surface area contributed by atoms with Gasteiger partial charge >= 0.3 is 0 Å². The number of carbonyl (C=O) groups excluding carboxylic acids is 2. The second-order valence-electron chi connectivity index (χ2n) is 5.35. The molecule has 0 unspecified atom stereocenters. The maximum absolute atomic E-state index is 12.4. The molecule has 1 aliphatic heterocycles. The zero-order chi connectivity index (χ0) is 15.1. The minimum atomic E-state index is -0.675. The van der Waals surface area contributed by atoms with Crippen LogP contribution in [0.25, 0.3) is 0 Å². The van der Waals surface area contributed by atoms with Crippen molar-refractivity contribution < 1.29 is 14.5 Å². The zero-order valence-corrected chi connectivity index (χ0v) is 11.7. The van der Waals surface area contributed by atoms with Crippen molar-refractivity contribution in [3.8, 4) is 0 Å². The summed E-state index contributed by atoms with van der Waals surface area (Å²) in [6.45, 7) is 5.30. The van der Waals surface area contributed by atoms with Gasteiger partial charge in [-0.1, -0.05) is 13.8 Å². The molecule has 0 spiro atoms. The van der Waals surface area contributed by atoms with E-state index in [9.17, 15) is 19.7 Å². The van der Waals surface area contributed by atoms with Gasteiger partial charge in [-0.25, -0.2) is 4.90 Å². The van der Waals surface area contributed by atoms with Crippen LogP contribution in [0.1, 0.15) is 32.3 Å². The fraction of sp³-hybridized carbons (Fsp3) is 0.429. The lowest BCUT2D eigenvalue weighted by Gasteiger charge is -2.21. The lowest BCUT2D eigenvalue weighted by molar-refractivity contribution is -0.384. The lowest BCUT2D eigenvalue weighted by Crippen LogP contribution is -2.34. The molecular formula is C14H16N2O4. The summed E-state index contributed by atoms with van der Waals surface area (Å²) < 4.78 is 0. The van der Waals surface area contributed by atoms with E-state index in [-0.39, 0.29) is 23.9 Å². The second kappa shape index (κ2) is 4.70. The molecule has 2 rings (SSSR count). The molecule has 6 nitrogen and oxygen atoms in total. The molecule has 1 aliphatic rings. The molecule has 1 aromatic carbocycles. The molecule has 0 radical (unpaired) electrons. The molecule has 1 aromatic rings. The summed E-state index contributed by atoms with van der Waals surface area (Å²) >= 11 is 0. The van der Waals surface area contributed by atoms with E-state index in [1.165, 1.54) is 18.2 Å². The van der Waals surface area contributed by atoms with Crippen molar-refractivity contribution in [1.82, 2.24) is 0 Å². The molecule has 1 fully saturated rings. The smallest absolute Gasteiger partial charge is 0.269 e. The molecular weight excluding hydrogens is 260 g/mol. The summed E-state index contributed by atoms with van der Waals surface area (Å²) in [5.41, 5.74) is 0.248. The average Bonchev–Trinajstić information content (AvgIpc) is 2.61. The first-order valence-corrected chi connectivity index (χ1v) is 6.42. The number of nitrogens with zero attached hydrogens (tertiary/aromatic N) is 2. The van der Waals surface area contributed by atoms with Gasteiger partial charge in [0.1, 0.15) is 0 Å². The van der Waals surface area contributed by atoms with Gasteiger partial charge in [-0.2, -0.15) is 0 Å². The van der Waals surface area contributed by atoms with Crippen molar-refractivity contribution in [2.24, 2.45) is 5.41 Å². The Balaban J connectivity index is 2.45. The third-order valence-corrected chi connectivity index (χ3v) is 3.92. The molecule has 1 saturated heterocycles. The topological polar surface area (TPSA) is 80.5 Å². The van der Waals surface area contributed by atoms with Crippen LogP contribution in [-0.2, 0) is 9.59 Å². The number of non-ortho nitro benzene ring substituents is 1. The summed E-state index contributed by atoms with van der Waals surface area (Å²) in [7, 11) is 0. The van der Waals surface area contributed by atoms with Crippen molar-refractivity contribution in [2.45, 2.75) is 33.6 Å². The van der Waals surface area contributed by atoms with E-state index in [0.717, 1.165) is 4.90 Å². The van der Waals surface area contributed by atoms with Crippen molar-refractivity contribution in [3.05, 3.63) is 33.9 Å². The van der Waals surface area contributed by atoms with Crippen LogP contribution in [0.15, 0.2) is 18.2 Å². The predicted molar refractivity (Wildman–Crippen MR) is 73.3 cm³/mol. The summed E-state index contributed by atoms with van der Waals surface area (Å²) in [5.74, 6) is -0.488. The Morgan fingerprint density at radius 2 is 2.05 bits per heavy atom. The van der Waals surface area contributed by atoms with Gasteiger partial charge in [0.15, 0.2) is 0 Å². The first-order valence-electron chi connectivity index (χ1n) is 6.42. The monoisotopic (exact) mass is 276 g/mol. The third-order valence-electron chi connectivity index (χ3n) is 3.92. The predicted octanol–water partition coefficient (Wildman–Crippen LogP) is 2.58. The van der Waals surface area contributed by atoms with Gasteiger partial charge < -0.3 is 0 Å². The van der Waals surface area contributed by atoms with Crippen molar-refractivity contribution in [1.29, 1.82) is 0 Å². The first kappa shape index (κ1) is 14.2. The molecule has 0 bridgehead atoms. The van der Waals surface area contributed by atoms with Crippen LogP contribution < -0.4 is 4.90 Å². The number of amides is 2. The quantitative estimate of drug-likeness (QED) is 0.482. The maximum Gasteiger partial charge on any atom is 0.269 e. The van der Waals surface area contributed by atoms with Gasteiger partial charge in [0, 0.05) is 18.6 Å². The number of imide groups is 1. The zero-order valence-electron chi connectivity index (χ0n) is 11.7. The third kappa shape index (κ3) is 2.07. The normalized spacial score (nSPS) is 22.4. The highest BCUT2D eigenvalue weighted by Crippen LogP contribution is 2.39. The van der Waals surface area contributed by atoms with Crippen molar-refractivity contribution in [2.75, 3.05) is 4.90 Å². The standard InChI is InChI=1S/C14H16N2O4/c1-4-14(3)8-12(17)15(13(14)18)11-6-5-10(16(19)20)7-9(11)2/h5-7H,4,8H2,1-3H3/t14-/m0/s1. The molecule has 0 saturated carbocycles. The van der Waals surface area contributed by atoms with E-state index in [1.807, 2.05) is 6.92 Å². The van der Waals surface area contributed by atoms with Gasteiger partial charge in [0.2, 0.25) is 11.8 Å². The van der Waals surface area contributed by atoms with E-state index >= 15 is 0 Å². The number of benzene rings is 1. The summed E-state index contributed by atoms with van der Waals surface area (Å²) in [6, 6.07) is 4.15. The number of aryl methyl sites for hydroxylation is 1. The fourth-order valence-corrected chi connectivity index (χ4v) is 2.40. The number of nitro groups is 1. The van der Waals surface area contributed by atoms with Crippen LogP contribution in [0.3, 0.4) is 0 Å². The summed E-state index contributed by atoms with van der Waals surface area (Å²) in [4.78, 5) is 35.9. The van der Waals surface area contributed by atoms with Crippen LogP contribution in [-0.4, -0.2) is 16.7 Å². The molecule has 0 N–H and O–H groups in total. The van der Waals surface area contributed by atoms with Gasteiger partial charge in [-0.15, -0.1) is 0 Å². The minimum Gasteiger partial charge on any atom is -0.274 e. The average molecular weight is 276 g/mol. The molecule has 2 amide bonds. The number of anilines is 1. The highest BCUT2D eigenvalue weighted by molar-refractivity contribution is 6.22. The van der Waals surface area contributed by atoms with Crippen LogP contribution in [0, 0.1) is 22.5 Å². The number of hydrogen-bond donors (Lipinski definition) is 0. The summed E-state index contributed by atoms with van der Waals surface area (Å²) in [5, 5.41) is 10.7. The van der Waals surface area contributed by atoms with E-state index in [4.69, 9.17) is 0 Å². The van der Waals surface area contributed by atoms with Crippen LogP contribution in [0.2, 0.25) is 0 Å². The van der Waals surface area contributed by atoms with Crippen molar-refractivity contribution in [3.63, 3.8) is 0 Å². The van der Waals surface area contributed by atoms with Gasteiger partial charge in [-0.05, 0) is 25.0 Å². The molecule has 1 heterocycles. The van der Waals surface area contributed by atoms with Gasteiger partial charge in [0.05, 0.1) is 16.0 Å². The van der Waals surface area contributed by atoms with Gasteiger partial charge in [-0.3, -0.25) is 19.7 Å². The minimum absolute atomic E-state index is 0.0522. The Hall–Kier alpha value is -2.24. The highest BCUT2D eigenvalue weighted by atomic mass is 16.6. The Morgan fingerprint density at radius 3 is 2.50 bits per heavy atom. The highest BCUT2D eigenvalue weighted by Gasteiger charge is 2.47. The molecule has 6 heteroatoms. The van der Waals surface area contributed by atoms with Crippen LogP contribution in [0.4, 0.5) is 11.4 Å². The Morgan fingerprint density at radius 1 is 1.40 bits per heavy atom. The van der Waals surface area contributed by atoms with Gasteiger partial charge in [0.25, 0.3) is 5.69 Å².